The summed E-state index contributed by atoms with van der Waals surface area (Å²) in [5, 5.41) is 16.1. The third kappa shape index (κ3) is 2.09. The van der Waals surface area contributed by atoms with Crippen molar-refractivity contribution in [2.75, 3.05) is 7.05 Å². The van der Waals surface area contributed by atoms with Crippen LogP contribution >= 0.6 is 0 Å². The minimum atomic E-state index is -0.592. The number of likely N-dealkylation sites (N-methyl/N-ethyl adjacent to an activating group) is 1. The van der Waals surface area contributed by atoms with Gasteiger partial charge in [0.15, 0.2) is 0 Å². The number of aromatic nitrogens is 3. The smallest absolute Gasteiger partial charge is 0.147 e. The van der Waals surface area contributed by atoms with Gasteiger partial charge in [-0.1, -0.05) is 0 Å². The van der Waals surface area contributed by atoms with E-state index in [1.807, 2.05) is 20.8 Å². The molecule has 5 heteroatoms. The summed E-state index contributed by atoms with van der Waals surface area (Å²) in [7, 11) is 1.77. The zero-order chi connectivity index (χ0) is 10.8. The molecule has 5 nitrogen and oxygen atoms in total. The molecule has 1 aromatic rings. The molecule has 0 spiro atoms. The van der Waals surface area contributed by atoms with Crippen LogP contribution in [0.1, 0.15) is 18.6 Å². The summed E-state index contributed by atoms with van der Waals surface area (Å²) in [6, 6.07) is 2.21. The SMILES string of the molecule is CNC(C)(C#N)Cn1nc(C)nc1C. The number of nitrogens with one attached hydrogen (secondary N) is 1. The maximum atomic E-state index is 8.97. The summed E-state index contributed by atoms with van der Waals surface area (Å²) < 4.78 is 1.75. The molecule has 1 N–H and O–H groups in total. The quantitative estimate of drug-likeness (QED) is 0.754. The Kier molecular flexibility index (Phi) is 2.87. The predicted octanol–water partition coefficient (Wildman–Crippen LogP) is 0.397. The van der Waals surface area contributed by atoms with Crippen molar-refractivity contribution >= 4 is 0 Å². The van der Waals surface area contributed by atoms with Crippen molar-refractivity contribution in [3.05, 3.63) is 11.6 Å². The molecule has 0 bridgehead atoms. The zero-order valence-corrected chi connectivity index (χ0v) is 9.00. The van der Waals surface area contributed by atoms with Crippen LogP contribution in [0.5, 0.6) is 0 Å². The van der Waals surface area contributed by atoms with E-state index in [1.54, 1.807) is 11.7 Å². The Bertz CT molecular complexity index is 362. The monoisotopic (exact) mass is 193 g/mol. The molecule has 0 amide bonds. The van der Waals surface area contributed by atoms with Gasteiger partial charge < -0.3 is 5.32 Å². The molecule has 0 saturated carbocycles. The van der Waals surface area contributed by atoms with Crippen molar-refractivity contribution < 1.29 is 0 Å². The van der Waals surface area contributed by atoms with Crippen LogP contribution in [0.25, 0.3) is 0 Å². The van der Waals surface area contributed by atoms with Gasteiger partial charge in [0.25, 0.3) is 0 Å². The van der Waals surface area contributed by atoms with Gasteiger partial charge in [-0.15, -0.1) is 0 Å². The van der Waals surface area contributed by atoms with Crippen LogP contribution in [0.4, 0.5) is 0 Å². The Hall–Kier alpha value is -1.41. The van der Waals surface area contributed by atoms with Crippen molar-refractivity contribution in [1.82, 2.24) is 20.1 Å². The highest BCUT2D eigenvalue weighted by atomic mass is 15.4. The van der Waals surface area contributed by atoms with Crippen LogP contribution in [-0.4, -0.2) is 27.4 Å². The molecule has 0 aliphatic rings. The Morgan fingerprint density at radius 1 is 1.57 bits per heavy atom. The highest BCUT2D eigenvalue weighted by Gasteiger charge is 2.23. The number of nitrogens with zero attached hydrogens (tertiary/aromatic N) is 4. The van der Waals surface area contributed by atoms with Crippen LogP contribution < -0.4 is 5.32 Å². The first-order valence-corrected chi connectivity index (χ1v) is 4.49. The summed E-state index contributed by atoms with van der Waals surface area (Å²) in [6.45, 7) is 6.07. The van der Waals surface area contributed by atoms with Gasteiger partial charge >= 0.3 is 0 Å². The molecule has 1 rings (SSSR count). The van der Waals surface area contributed by atoms with E-state index in [0.29, 0.717) is 6.54 Å². The minimum Gasteiger partial charge on any atom is -0.301 e. The van der Waals surface area contributed by atoms with Crippen LogP contribution in [0, 0.1) is 25.2 Å². The first kappa shape index (κ1) is 10.7. The summed E-state index contributed by atoms with van der Waals surface area (Å²) >= 11 is 0. The number of aryl methyl sites for hydroxylation is 2. The average Bonchev–Trinajstić information content (AvgIpc) is 2.45. The average molecular weight is 193 g/mol. The number of nitriles is 1. The van der Waals surface area contributed by atoms with Gasteiger partial charge in [0.2, 0.25) is 0 Å². The molecule has 0 aliphatic carbocycles. The van der Waals surface area contributed by atoms with E-state index < -0.39 is 5.54 Å². The van der Waals surface area contributed by atoms with E-state index >= 15 is 0 Å². The zero-order valence-electron chi connectivity index (χ0n) is 9.00. The molecule has 76 valence electrons. The first-order chi connectivity index (χ1) is 6.50. The van der Waals surface area contributed by atoms with E-state index in [-0.39, 0.29) is 0 Å². The van der Waals surface area contributed by atoms with E-state index in [4.69, 9.17) is 5.26 Å². The lowest BCUT2D eigenvalue weighted by Gasteiger charge is -2.20. The number of rotatable bonds is 3. The Labute approximate surface area is 83.8 Å². The van der Waals surface area contributed by atoms with Crippen molar-refractivity contribution in [3.8, 4) is 6.07 Å². The first-order valence-electron chi connectivity index (χ1n) is 4.49. The molecule has 1 heterocycles. The largest absolute Gasteiger partial charge is 0.301 e. The van der Waals surface area contributed by atoms with Crippen LogP contribution in [0.2, 0.25) is 0 Å². The molecule has 0 aromatic carbocycles. The van der Waals surface area contributed by atoms with E-state index in [2.05, 4.69) is 21.5 Å². The van der Waals surface area contributed by atoms with E-state index in [1.165, 1.54) is 0 Å². The van der Waals surface area contributed by atoms with Gasteiger partial charge in [-0.05, 0) is 27.8 Å². The molecule has 1 aromatic heterocycles. The number of hydrogen-bond donors (Lipinski definition) is 1. The Morgan fingerprint density at radius 2 is 2.21 bits per heavy atom. The molecule has 0 radical (unpaired) electrons. The topological polar surface area (TPSA) is 66.5 Å². The minimum absolute atomic E-state index is 0.507. The fourth-order valence-corrected chi connectivity index (χ4v) is 1.18. The normalized spacial score (nSPS) is 14.8. The van der Waals surface area contributed by atoms with Crippen molar-refractivity contribution in [1.29, 1.82) is 5.26 Å². The molecular formula is C9H15N5. The number of hydrogen-bond acceptors (Lipinski definition) is 4. The maximum absolute atomic E-state index is 8.97. The van der Waals surface area contributed by atoms with Gasteiger partial charge in [-0.2, -0.15) is 10.4 Å². The van der Waals surface area contributed by atoms with E-state index in [0.717, 1.165) is 11.6 Å². The highest BCUT2D eigenvalue weighted by molar-refractivity contribution is 5.04. The highest BCUT2D eigenvalue weighted by Crippen LogP contribution is 2.06. The summed E-state index contributed by atoms with van der Waals surface area (Å²) in [4.78, 5) is 4.18. The lowest BCUT2D eigenvalue weighted by Crippen LogP contribution is -2.42. The molecule has 0 fully saturated rings. The van der Waals surface area contributed by atoms with Crippen molar-refractivity contribution in [2.24, 2.45) is 0 Å². The standard InChI is InChI=1S/C9H15N5/c1-7-12-8(2)14(13-7)6-9(3,5-10)11-4/h11H,6H2,1-4H3. The fourth-order valence-electron chi connectivity index (χ4n) is 1.18. The van der Waals surface area contributed by atoms with Crippen molar-refractivity contribution in [3.63, 3.8) is 0 Å². The third-order valence-electron chi connectivity index (χ3n) is 2.23. The molecular weight excluding hydrogens is 178 g/mol. The van der Waals surface area contributed by atoms with Crippen LogP contribution in [-0.2, 0) is 6.54 Å². The lowest BCUT2D eigenvalue weighted by molar-refractivity contribution is 0.390. The molecule has 1 atom stereocenters. The second kappa shape index (κ2) is 3.76. The summed E-state index contributed by atoms with van der Waals surface area (Å²) in [5.41, 5.74) is -0.592. The molecule has 14 heavy (non-hydrogen) atoms. The summed E-state index contributed by atoms with van der Waals surface area (Å²) in [5.74, 6) is 1.57. The van der Waals surface area contributed by atoms with Gasteiger partial charge in [-0.3, -0.25) is 0 Å². The summed E-state index contributed by atoms with van der Waals surface area (Å²) in [6.07, 6.45) is 0. The second-order valence-corrected chi connectivity index (χ2v) is 3.56. The van der Waals surface area contributed by atoms with Gasteiger partial charge in [-0.25, -0.2) is 9.67 Å². The second-order valence-electron chi connectivity index (χ2n) is 3.56. The molecule has 0 saturated heterocycles. The van der Waals surface area contributed by atoms with Crippen molar-refractivity contribution in [2.45, 2.75) is 32.9 Å². The predicted molar refractivity (Wildman–Crippen MR) is 52.6 cm³/mol. The Morgan fingerprint density at radius 3 is 2.57 bits per heavy atom. The van der Waals surface area contributed by atoms with Gasteiger partial charge in [0, 0.05) is 0 Å². The third-order valence-corrected chi connectivity index (χ3v) is 2.23. The van der Waals surface area contributed by atoms with E-state index in [9.17, 15) is 0 Å². The lowest BCUT2D eigenvalue weighted by atomic mass is 10.1. The van der Waals surface area contributed by atoms with Gasteiger partial charge in [0.05, 0.1) is 12.6 Å². The van der Waals surface area contributed by atoms with Gasteiger partial charge in [0.1, 0.15) is 17.2 Å². The fraction of sp³-hybridized carbons (Fsp3) is 0.667. The van der Waals surface area contributed by atoms with Crippen LogP contribution in [0.3, 0.4) is 0 Å². The molecule has 1 unspecified atom stereocenters. The van der Waals surface area contributed by atoms with Crippen LogP contribution in [0.15, 0.2) is 0 Å². The maximum Gasteiger partial charge on any atom is 0.147 e. The Balaban J connectivity index is 2.89. The molecule has 0 aliphatic heterocycles.